The molecule has 2 rings (SSSR count). The van der Waals surface area contributed by atoms with E-state index in [1.54, 1.807) is 17.8 Å². The molecule has 21 heavy (non-hydrogen) atoms. The Kier molecular flexibility index (Phi) is 4.67. The van der Waals surface area contributed by atoms with Crippen molar-refractivity contribution in [1.29, 1.82) is 0 Å². The average molecular weight is 314 g/mol. The van der Waals surface area contributed by atoms with Crippen LogP contribution in [0, 0.1) is 12.8 Å². The molecule has 1 unspecified atom stereocenters. The van der Waals surface area contributed by atoms with Gasteiger partial charge in [0.15, 0.2) is 0 Å². The third-order valence-corrected chi connectivity index (χ3v) is 5.68. The van der Waals surface area contributed by atoms with Crippen LogP contribution in [0.2, 0.25) is 0 Å². The van der Waals surface area contributed by atoms with E-state index in [-0.39, 0.29) is 23.3 Å². The lowest BCUT2D eigenvalue weighted by Crippen LogP contribution is -2.34. The lowest BCUT2D eigenvalue weighted by molar-refractivity contribution is -0.124. The molecule has 1 fully saturated rings. The first-order valence-electron chi connectivity index (χ1n) is 7.22. The zero-order chi connectivity index (χ0) is 15.6. The fourth-order valence-corrected chi connectivity index (χ4v) is 4.20. The number of aromatic nitrogens is 2. The molecule has 0 radical (unpaired) electrons. The molecular weight excluding hydrogens is 292 g/mol. The Bertz CT molecular complexity index is 623. The molecule has 1 atom stereocenters. The van der Waals surface area contributed by atoms with Gasteiger partial charge in [-0.2, -0.15) is 9.40 Å². The Balaban J connectivity index is 2.17. The van der Waals surface area contributed by atoms with Gasteiger partial charge >= 0.3 is 0 Å². The first-order valence-corrected chi connectivity index (χ1v) is 8.66. The van der Waals surface area contributed by atoms with Crippen molar-refractivity contribution >= 4 is 15.9 Å². The van der Waals surface area contributed by atoms with E-state index < -0.39 is 10.0 Å². The number of nitrogens with one attached hydrogen (secondary N) is 1. The summed E-state index contributed by atoms with van der Waals surface area (Å²) in [5.41, 5.74) is 0.498. The summed E-state index contributed by atoms with van der Waals surface area (Å²) in [4.78, 5) is 12.1. The highest BCUT2D eigenvalue weighted by molar-refractivity contribution is 7.89. The second-order valence-electron chi connectivity index (χ2n) is 5.18. The summed E-state index contributed by atoms with van der Waals surface area (Å²) >= 11 is 0. The maximum atomic E-state index is 12.7. The highest BCUT2D eigenvalue weighted by Gasteiger charge is 2.37. The van der Waals surface area contributed by atoms with Crippen molar-refractivity contribution in [2.24, 2.45) is 5.92 Å². The molecule has 2 heterocycles. The van der Waals surface area contributed by atoms with E-state index in [1.165, 1.54) is 4.31 Å². The van der Waals surface area contributed by atoms with E-state index in [0.717, 1.165) is 0 Å². The van der Waals surface area contributed by atoms with Crippen molar-refractivity contribution in [1.82, 2.24) is 19.4 Å². The summed E-state index contributed by atoms with van der Waals surface area (Å²) in [5, 5.41) is 6.93. The molecule has 0 spiro atoms. The summed E-state index contributed by atoms with van der Waals surface area (Å²) in [6.45, 7) is 7.25. The molecule has 1 aliphatic rings. The fourth-order valence-electron chi connectivity index (χ4n) is 2.53. The van der Waals surface area contributed by atoms with Crippen molar-refractivity contribution in [3.8, 4) is 0 Å². The summed E-state index contributed by atoms with van der Waals surface area (Å²) in [6, 6.07) is 0. The van der Waals surface area contributed by atoms with Gasteiger partial charge in [0.25, 0.3) is 0 Å². The highest BCUT2D eigenvalue weighted by atomic mass is 32.2. The van der Waals surface area contributed by atoms with Crippen LogP contribution in [0.4, 0.5) is 0 Å². The second kappa shape index (κ2) is 6.15. The van der Waals surface area contributed by atoms with Gasteiger partial charge in [0.1, 0.15) is 4.90 Å². The molecule has 1 aromatic rings. The SMILES string of the molecule is CCNC(=O)C1CCN(S(=O)(=O)c2cn(CC)nc2C)C1. The van der Waals surface area contributed by atoms with Gasteiger partial charge in [0, 0.05) is 32.4 Å². The Morgan fingerprint density at radius 2 is 2.19 bits per heavy atom. The predicted molar refractivity (Wildman–Crippen MR) is 78.2 cm³/mol. The number of rotatable bonds is 5. The molecule has 7 nitrogen and oxygen atoms in total. The van der Waals surface area contributed by atoms with Crippen LogP contribution < -0.4 is 5.32 Å². The first-order chi connectivity index (χ1) is 9.90. The minimum absolute atomic E-state index is 0.0730. The van der Waals surface area contributed by atoms with Crippen molar-refractivity contribution in [2.75, 3.05) is 19.6 Å². The van der Waals surface area contributed by atoms with Crippen molar-refractivity contribution in [3.05, 3.63) is 11.9 Å². The van der Waals surface area contributed by atoms with Crippen LogP contribution in [0.3, 0.4) is 0 Å². The maximum absolute atomic E-state index is 12.7. The van der Waals surface area contributed by atoms with E-state index in [4.69, 9.17) is 0 Å². The third-order valence-electron chi connectivity index (χ3n) is 3.72. The van der Waals surface area contributed by atoms with Gasteiger partial charge in [0.05, 0.1) is 11.6 Å². The molecule has 1 amide bonds. The van der Waals surface area contributed by atoms with Crippen LogP contribution in [0.5, 0.6) is 0 Å². The van der Waals surface area contributed by atoms with Gasteiger partial charge < -0.3 is 5.32 Å². The normalized spacial score (nSPS) is 19.9. The summed E-state index contributed by atoms with van der Waals surface area (Å²) in [6.07, 6.45) is 2.12. The molecule has 1 N–H and O–H groups in total. The molecule has 0 aromatic carbocycles. The quantitative estimate of drug-likeness (QED) is 0.850. The van der Waals surface area contributed by atoms with Gasteiger partial charge in [-0.3, -0.25) is 9.48 Å². The molecule has 118 valence electrons. The molecular formula is C13H22N4O3S. The van der Waals surface area contributed by atoms with Crippen LogP contribution >= 0.6 is 0 Å². The Labute approximate surface area is 125 Å². The van der Waals surface area contributed by atoms with E-state index in [2.05, 4.69) is 10.4 Å². The fraction of sp³-hybridized carbons (Fsp3) is 0.692. The standard InChI is InChI=1S/C13H22N4O3S/c1-4-14-13(18)11-6-7-17(8-11)21(19,20)12-9-16(5-2)15-10(12)3/h9,11H,4-8H2,1-3H3,(H,14,18). The topological polar surface area (TPSA) is 84.3 Å². The number of amides is 1. The molecule has 0 bridgehead atoms. The largest absolute Gasteiger partial charge is 0.356 e. The van der Waals surface area contributed by atoms with E-state index in [1.807, 2.05) is 13.8 Å². The number of aryl methyl sites for hydroxylation is 2. The molecule has 0 saturated carbocycles. The van der Waals surface area contributed by atoms with Gasteiger partial charge in [0.2, 0.25) is 15.9 Å². The van der Waals surface area contributed by atoms with Crippen LogP contribution in [0.25, 0.3) is 0 Å². The molecule has 0 aliphatic carbocycles. The molecule has 8 heteroatoms. The smallest absolute Gasteiger partial charge is 0.246 e. The summed E-state index contributed by atoms with van der Waals surface area (Å²) in [5.74, 6) is -0.336. The van der Waals surface area contributed by atoms with Gasteiger partial charge in [-0.1, -0.05) is 0 Å². The second-order valence-corrected chi connectivity index (χ2v) is 7.08. The van der Waals surface area contributed by atoms with Crippen LogP contribution in [0.15, 0.2) is 11.1 Å². The molecule has 1 aliphatic heterocycles. The van der Waals surface area contributed by atoms with Gasteiger partial charge in [-0.05, 0) is 27.2 Å². The zero-order valence-corrected chi connectivity index (χ0v) is 13.5. The summed E-state index contributed by atoms with van der Waals surface area (Å²) < 4.78 is 28.3. The number of hydrogen-bond acceptors (Lipinski definition) is 4. The lowest BCUT2D eigenvalue weighted by Gasteiger charge is -2.15. The zero-order valence-electron chi connectivity index (χ0n) is 12.7. The number of carbonyl (C=O) groups is 1. The van der Waals surface area contributed by atoms with Crippen LogP contribution in [-0.2, 0) is 21.4 Å². The monoisotopic (exact) mass is 314 g/mol. The maximum Gasteiger partial charge on any atom is 0.246 e. The first kappa shape index (κ1) is 16.0. The molecule has 1 aromatic heterocycles. The molecule has 1 saturated heterocycles. The van der Waals surface area contributed by atoms with Crippen molar-refractivity contribution in [3.63, 3.8) is 0 Å². The number of carbonyl (C=O) groups excluding carboxylic acids is 1. The Morgan fingerprint density at radius 3 is 2.76 bits per heavy atom. The van der Waals surface area contributed by atoms with Crippen LogP contribution in [-0.4, -0.2) is 48.0 Å². The number of hydrogen-bond donors (Lipinski definition) is 1. The average Bonchev–Trinajstić information content (AvgIpc) is 3.05. The minimum Gasteiger partial charge on any atom is -0.356 e. The lowest BCUT2D eigenvalue weighted by atomic mass is 10.1. The van der Waals surface area contributed by atoms with Crippen LogP contribution in [0.1, 0.15) is 26.0 Å². The van der Waals surface area contributed by atoms with E-state index in [0.29, 0.717) is 31.7 Å². The third kappa shape index (κ3) is 3.11. The highest BCUT2D eigenvalue weighted by Crippen LogP contribution is 2.26. The number of sulfonamides is 1. The summed E-state index contributed by atoms with van der Waals surface area (Å²) in [7, 11) is -3.57. The number of nitrogens with zero attached hydrogens (tertiary/aromatic N) is 3. The van der Waals surface area contributed by atoms with Gasteiger partial charge in [-0.25, -0.2) is 8.42 Å². The van der Waals surface area contributed by atoms with E-state index in [9.17, 15) is 13.2 Å². The van der Waals surface area contributed by atoms with E-state index >= 15 is 0 Å². The minimum atomic E-state index is -3.57. The Morgan fingerprint density at radius 1 is 1.48 bits per heavy atom. The van der Waals surface area contributed by atoms with Crippen molar-refractivity contribution in [2.45, 2.75) is 38.6 Å². The van der Waals surface area contributed by atoms with Crippen molar-refractivity contribution < 1.29 is 13.2 Å². The predicted octanol–water partition coefficient (Wildman–Crippen LogP) is 0.358. The van der Waals surface area contributed by atoms with Gasteiger partial charge in [-0.15, -0.1) is 0 Å². The Hall–Kier alpha value is -1.41.